The van der Waals surface area contributed by atoms with Crippen molar-refractivity contribution in [2.75, 3.05) is 49.2 Å². The Morgan fingerprint density at radius 2 is 1.97 bits per heavy atom. The molecule has 0 bridgehead atoms. The quantitative estimate of drug-likeness (QED) is 0.659. The van der Waals surface area contributed by atoms with Crippen LogP contribution in [0.25, 0.3) is 10.2 Å². The molecule has 0 aliphatic carbocycles. The molecule has 1 saturated heterocycles. The third-order valence-corrected chi connectivity index (χ3v) is 6.79. The molecule has 10 heteroatoms. The summed E-state index contributed by atoms with van der Waals surface area (Å²) in [7, 11) is -3.28. The lowest BCUT2D eigenvalue weighted by Gasteiger charge is -2.34. The van der Waals surface area contributed by atoms with E-state index in [0.717, 1.165) is 36.7 Å². The fraction of sp³-hybridized carbons (Fsp3) is 0.316. The summed E-state index contributed by atoms with van der Waals surface area (Å²) in [4.78, 5) is 25.7. The number of carbonyl (C=O) groups excluding carboxylic acids is 1. The maximum absolute atomic E-state index is 12.4. The number of aromatic nitrogens is 2. The van der Waals surface area contributed by atoms with Crippen molar-refractivity contribution >= 4 is 48.2 Å². The molecule has 0 atom stereocenters. The Kier molecular flexibility index (Phi) is 5.48. The van der Waals surface area contributed by atoms with Gasteiger partial charge < -0.3 is 10.2 Å². The molecule has 2 aromatic heterocycles. The second-order valence-corrected chi connectivity index (χ2v) is 9.97. The van der Waals surface area contributed by atoms with E-state index >= 15 is 0 Å². The first-order valence-electron chi connectivity index (χ1n) is 9.17. The van der Waals surface area contributed by atoms with Crippen molar-refractivity contribution in [3.8, 4) is 0 Å². The summed E-state index contributed by atoms with van der Waals surface area (Å²) in [5.41, 5.74) is 0.668. The Labute approximate surface area is 173 Å². The monoisotopic (exact) mass is 431 g/mol. The smallest absolute Gasteiger partial charge is 0.240 e. The van der Waals surface area contributed by atoms with Crippen LogP contribution >= 0.6 is 11.3 Å². The van der Waals surface area contributed by atoms with Crippen molar-refractivity contribution in [1.82, 2.24) is 14.9 Å². The molecule has 3 heterocycles. The average molecular weight is 432 g/mol. The molecule has 0 radical (unpaired) electrons. The number of thiazole rings is 1. The molecule has 29 heavy (non-hydrogen) atoms. The second kappa shape index (κ2) is 8.05. The second-order valence-electron chi connectivity index (χ2n) is 6.92. The molecule has 4 rings (SSSR count). The standard InChI is InChI=1S/C19H21N5O3S2/c1-29(26,27)14-5-6-15-16(12-14)28-19(21-15)22-18(25)13-23-8-10-24(11-9-23)17-4-2-3-7-20-17/h2-7,12H,8-11,13H2,1H3,(H,21,22,25). The number of fused-ring (bicyclic) bond motifs is 1. The van der Waals surface area contributed by atoms with Crippen LogP contribution in [0.5, 0.6) is 0 Å². The SMILES string of the molecule is CS(=O)(=O)c1ccc2nc(NC(=O)CN3CCN(c4ccccn4)CC3)sc2c1. The maximum Gasteiger partial charge on any atom is 0.240 e. The minimum absolute atomic E-state index is 0.126. The van der Waals surface area contributed by atoms with Gasteiger partial charge in [-0.05, 0) is 30.3 Å². The van der Waals surface area contributed by atoms with E-state index in [9.17, 15) is 13.2 Å². The number of benzene rings is 1. The van der Waals surface area contributed by atoms with Crippen LogP contribution in [0, 0.1) is 0 Å². The fourth-order valence-electron chi connectivity index (χ4n) is 3.23. The predicted molar refractivity (Wildman–Crippen MR) is 114 cm³/mol. The topological polar surface area (TPSA) is 95.5 Å². The zero-order valence-corrected chi connectivity index (χ0v) is 17.5. The van der Waals surface area contributed by atoms with E-state index in [2.05, 4.69) is 25.1 Å². The molecule has 1 aromatic carbocycles. The number of rotatable bonds is 5. The van der Waals surface area contributed by atoms with Gasteiger partial charge in [-0.3, -0.25) is 9.69 Å². The van der Waals surface area contributed by atoms with E-state index in [1.54, 1.807) is 18.3 Å². The molecule has 8 nitrogen and oxygen atoms in total. The van der Waals surface area contributed by atoms with Gasteiger partial charge in [0.25, 0.3) is 0 Å². The predicted octanol–water partition coefficient (Wildman–Crippen LogP) is 1.86. The van der Waals surface area contributed by atoms with Crippen LogP contribution < -0.4 is 10.2 Å². The van der Waals surface area contributed by atoms with E-state index in [-0.39, 0.29) is 10.8 Å². The van der Waals surface area contributed by atoms with Crippen molar-refractivity contribution in [2.45, 2.75) is 4.90 Å². The van der Waals surface area contributed by atoms with Gasteiger partial charge in [0.2, 0.25) is 5.91 Å². The molecule has 0 saturated carbocycles. The number of hydrogen-bond donors (Lipinski definition) is 1. The first kappa shape index (κ1) is 19.7. The van der Waals surface area contributed by atoms with Crippen molar-refractivity contribution in [2.24, 2.45) is 0 Å². The average Bonchev–Trinajstić information content (AvgIpc) is 3.09. The summed E-state index contributed by atoms with van der Waals surface area (Å²) in [6.07, 6.45) is 2.96. The van der Waals surface area contributed by atoms with Gasteiger partial charge in [0.1, 0.15) is 5.82 Å². The van der Waals surface area contributed by atoms with Crippen LogP contribution in [0.2, 0.25) is 0 Å². The lowest BCUT2D eigenvalue weighted by atomic mass is 10.3. The van der Waals surface area contributed by atoms with Crippen molar-refractivity contribution in [1.29, 1.82) is 0 Å². The summed E-state index contributed by atoms with van der Waals surface area (Å²) in [5.74, 6) is 0.832. The molecule has 1 fully saturated rings. The van der Waals surface area contributed by atoms with Crippen LogP contribution in [-0.2, 0) is 14.6 Å². The zero-order valence-electron chi connectivity index (χ0n) is 15.9. The van der Waals surface area contributed by atoms with Gasteiger partial charge in [-0.25, -0.2) is 18.4 Å². The van der Waals surface area contributed by atoms with Crippen LogP contribution in [0.4, 0.5) is 10.9 Å². The van der Waals surface area contributed by atoms with E-state index in [1.807, 2.05) is 18.2 Å². The van der Waals surface area contributed by atoms with E-state index in [0.29, 0.717) is 17.2 Å². The van der Waals surface area contributed by atoms with Gasteiger partial charge in [-0.1, -0.05) is 17.4 Å². The minimum atomic E-state index is -3.28. The number of pyridine rings is 1. The highest BCUT2D eigenvalue weighted by Gasteiger charge is 2.20. The number of carbonyl (C=O) groups is 1. The minimum Gasteiger partial charge on any atom is -0.354 e. The number of piperazine rings is 1. The van der Waals surface area contributed by atoms with Gasteiger partial charge in [0.05, 0.1) is 21.7 Å². The largest absolute Gasteiger partial charge is 0.354 e. The summed E-state index contributed by atoms with van der Waals surface area (Å²) in [6.45, 7) is 3.49. The third-order valence-electron chi connectivity index (χ3n) is 4.75. The van der Waals surface area contributed by atoms with Gasteiger partial charge in [0.15, 0.2) is 15.0 Å². The first-order valence-corrected chi connectivity index (χ1v) is 11.9. The van der Waals surface area contributed by atoms with Gasteiger partial charge in [-0.15, -0.1) is 0 Å². The first-order chi connectivity index (χ1) is 13.9. The van der Waals surface area contributed by atoms with Crippen LogP contribution in [0.3, 0.4) is 0 Å². The number of nitrogens with zero attached hydrogens (tertiary/aromatic N) is 4. The summed E-state index contributed by atoms with van der Waals surface area (Å²) < 4.78 is 24.1. The molecule has 0 spiro atoms. The van der Waals surface area contributed by atoms with Crippen LogP contribution in [-0.4, -0.2) is 68.2 Å². The van der Waals surface area contributed by atoms with E-state index in [1.165, 1.54) is 23.7 Å². The summed E-state index contributed by atoms with van der Waals surface area (Å²) in [5, 5.41) is 3.31. The fourth-order valence-corrected chi connectivity index (χ4v) is 4.87. The van der Waals surface area contributed by atoms with E-state index < -0.39 is 9.84 Å². The Bertz CT molecular complexity index is 1120. The number of amides is 1. The van der Waals surface area contributed by atoms with Crippen LogP contribution in [0.1, 0.15) is 0 Å². The highest BCUT2D eigenvalue weighted by Crippen LogP contribution is 2.28. The molecular formula is C19H21N5O3S2. The molecule has 1 aliphatic rings. The van der Waals surface area contributed by atoms with Crippen molar-refractivity contribution in [3.05, 3.63) is 42.6 Å². The molecule has 152 valence electrons. The summed E-state index contributed by atoms with van der Waals surface area (Å²) in [6, 6.07) is 10.6. The number of nitrogens with one attached hydrogen (secondary N) is 1. The lowest BCUT2D eigenvalue weighted by Crippen LogP contribution is -2.48. The lowest BCUT2D eigenvalue weighted by molar-refractivity contribution is -0.117. The van der Waals surface area contributed by atoms with Crippen molar-refractivity contribution < 1.29 is 13.2 Å². The highest BCUT2D eigenvalue weighted by atomic mass is 32.2. The highest BCUT2D eigenvalue weighted by molar-refractivity contribution is 7.90. The Morgan fingerprint density at radius 1 is 1.17 bits per heavy atom. The van der Waals surface area contributed by atoms with Gasteiger partial charge >= 0.3 is 0 Å². The Hall–Kier alpha value is -2.56. The molecule has 3 aromatic rings. The Balaban J connectivity index is 1.34. The van der Waals surface area contributed by atoms with E-state index in [4.69, 9.17) is 0 Å². The molecule has 1 aliphatic heterocycles. The third kappa shape index (κ3) is 4.72. The summed E-state index contributed by atoms with van der Waals surface area (Å²) >= 11 is 1.27. The maximum atomic E-state index is 12.4. The number of sulfone groups is 1. The normalized spacial score (nSPS) is 15.6. The number of anilines is 2. The molecular weight excluding hydrogens is 410 g/mol. The van der Waals surface area contributed by atoms with Crippen molar-refractivity contribution in [3.63, 3.8) is 0 Å². The van der Waals surface area contributed by atoms with Crippen LogP contribution in [0.15, 0.2) is 47.5 Å². The van der Waals surface area contributed by atoms with Gasteiger partial charge in [-0.2, -0.15) is 0 Å². The van der Waals surface area contributed by atoms with Gasteiger partial charge in [0, 0.05) is 38.6 Å². The number of hydrogen-bond acceptors (Lipinski definition) is 8. The molecule has 0 unspecified atom stereocenters. The molecule has 1 amide bonds. The Morgan fingerprint density at radius 3 is 2.66 bits per heavy atom. The zero-order chi connectivity index (χ0) is 20.4. The molecule has 1 N–H and O–H groups in total.